The Bertz CT molecular complexity index is 535. The van der Waals surface area contributed by atoms with Gasteiger partial charge in [0.25, 0.3) is 0 Å². The third-order valence-electron chi connectivity index (χ3n) is 2.53. The van der Waals surface area contributed by atoms with E-state index in [0.717, 1.165) is 11.3 Å². The van der Waals surface area contributed by atoms with E-state index in [4.69, 9.17) is 9.47 Å². The Morgan fingerprint density at radius 1 is 0.889 bits per heavy atom. The number of methoxy groups -OCH3 is 2. The van der Waals surface area contributed by atoms with E-state index in [-0.39, 0.29) is 0 Å². The van der Waals surface area contributed by atoms with Crippen molar-refractivity contribution in [2.75, 3.05) is 14.2 Å². The highest BCUT2D eigenvalue weighted by molar-refractivity contribution is 5.82. The Kier molecular flexibility index (Phi) is 3.97. The summed E-state index contributed by atoms with van der Waals surface area (Å²) in [5.41, 5.74) is 1.89. The lowest BCUT2D eigenvalue weighted by molar-refractivity contribution is 0.355. The molecule has 0 saturated carbocycles. The van der Waals surface area contributed by atoms with Crippen LogP contribution in [0.5, 0.6) is 11.5 Å². The summed E-state index contributed by atoms with van der Waals surface area (Å²) in [7, 11) is 3.23. The Morgan fingerprint density at radius 2 is 1.61 bits per heavy atom. The maximum absolute atomic E-state index is 5.23. The van der Waals surface area contributed by atoms with Gasteiger partial charge in [0.15, 0.2) is 11.5 Å². The topological polar surface area (TPSA) is 30.8 Å². The van der Waals surface area contributed by atoms with Crippen LogP contribution in [0.4, 0.5) is 5.69 Å². The molecule has 0 aliphatic carbocycles. The largest absolute Gasteiger partial charge is 0.493 e. The number of benzene rings is 2. The van der Waals surface area contributed by atoms with E-state index in [1.54, 1.807) is 14.2 Å². The van der Waals surface area contributed by atoms with E-state index in [0.29, 0.717) is 11.5 Å². The second-order valence-electron chi connectivity index (χ2n) is 3.71. The summed E-state index contributed by atoms with van der Waals surface area (Å²) in [6.45, 7) is 0. The Balaban J connectivity index is 2.22. The molecule has 0 aliphatic heterocycles. The van der Waals surface area contributed by atoms with Crippen LogP contribution >= 0.6 is 0 Å². The van der Waals surface area contributed by atoms with Crippen LogP contribution in [0.1, 0.15) is 5.56 Å². The van der Waals surface area contributed by atoms with Crippen LogP contribution in [0.2, 0.25) is 0 Å². The number of aliphatic imine (C=N–C) groups is 1. The van der Waals surface area contributed by atoms with E-state index < -0.39 is 0 Å². The molecule has 2 rings (SSSR count). The fraction of sp³-hybridized carbons (Fsp3) is 0.133. The van der Waals surface area contributed by atoms with Crippen molar-refractivity contribution in [3.05, 3.63) is 54.1 Å². The number of rotatable bonds is 4. The summed E-state index contributed by atoms with van der Waals surface area (Å²) in [6, 6.07) is 15.5. The summed E-state index contributed by atoms with van der Waals surface area (Å²) >= 11 is 0. The molecule has 0 aliphatic rings. The second-order valence-corrected chi connectivity index (χ2v) is 3.71. The molecule has 0 radical (unpaired) electrons. The highest BCUT2D eigenvalue weighted by Crippen LogP contribution is 2.30. The minimum absolute atomic E-state index is 0.681. The minimum atomic E-state index is 0.681. The molecular weight excluding hydrogens is 226 g/mol. The van der Waals surface area contributed by atoms with Gasteiger partial charge >= 0.3 is 0 Å². The molecule has 0 atom stereocenters. The zero-order chi connectivity index (χ0) is 12.8. The maximum atomic E-state index is 5.23. The van der Waals surface area contributed by atoms with Gasteiger partial charge in [-0.3, -0.25) is 4.99 Å². The van der Waals surface area contributed by atoms with Gasteiger partial charge < -0.3 is 9.47 Å². The summed E-state index contributed by atoms with van der Waals surface area (Å²) in [5.74, 6) is 1.39. The van der Waals surface area contributed by atoms with Crippen LogP contribution in [-0.2, 0) is 0 Å². The standard InChI is InChI=1S/C15H15NO2/c1-17-14-9-8-13(10-15(14)18-2)16-11-12-6-4-3-5-7-12/h3-11H,1-2H3. The van der Waals surface area contributed by atoms with Crippen LogP contribution in [0.25, 0.3) is 0 Å². The van der Waals surface area contributed by atoms with Gasteiger partial charge in [-0.25, -0.2) is 0 Å². The van der Waals surface area contributed by atoms with Gasteiger partial charge in [0.1, 0.15) is 0 Å². The molecule has 2 aromatic carbocycles. The molecule has 0 heterocycles. The summed E-state index contributed by atoms with van der Waals surface area (Å²) < 4.78 is 10.4. The van der Waals surface area contributed by atoms with Crippen LogP contribution in [0, 0.1) is 0 Å². The zero-order valence-electron chi connectivity index (χ0n) is 10.5. The molecule has 0 spiro atoms. The molecule has 0 fully saturated rings. The lowest BCUT2D eigenvalue weighted by atomic mass is 10.2. The average Bonchev–Trinajstić information content (AvgIpc) is 2.45. The van der Waals surface area contributed by atoms with E-state index in [9.17, 15) is 0 Å². The quantitative estimate of drug-likeness (QED) is 0.767. The molecule has 92 valence electrons. The van der Waals surface area contributed by atoms with Gasteiger partial charge in [-0.1, -0.05) is 30.3 Å². The highest BCUT2D eigenvalue weighted by Gasteiger charge is 2.02. The summed E-state index contributed by atoms with van der Waals surface area (Å²) in [4.78, 5) is 4.40. The molecule has 0 amide bonds. The van der Waals surface area contributed by atoms with Crippen molar-refractivity contribution in [2.45, 2.75) is 0 Å². The van der Waals surface area contributed by atoms with Gasteiger partial charge in [-0.2, -0.15) is 0 Å². The van der Waals surface area contributed by atoms with Crippen LogP contribution in [0.3, 0.4) is 0 Å². The first-order valence-corrected chi connectivity index (χ1v) is 5.64. The van der Waals surface area contributed by atoms with Crippen molar-refractivity contribution < 1.29 is 9.47 Å². The van der Waals surface area contributed by atoms with Gasteiger partial charge in [-0.15, -0.1) is 0 Å². The Labute approximate surface area is 107 Å². The smallest absolute Gasteiger partial charge is 0.162 e. The van der Waals surface area contributed by atoms with E-state index in [1.807, 2.05) is 54.7 Å². The lowest BCUT2D eigenvalue weighted by Crippen LogP contribution is -1.89. The van der Waals surface area contributed by atoms with Crippen molar-refractivity contribution in [3.8, 4) is 11.5 Å². The van der Waals surface area contributed by atoms with E-state index >= 15 is 0 Å². The Morgan fingerprint density at radius 3 is 2.28 bits per heavy atom. The van der Waals surface area contributed by atoms with Gasteiger partial charge in [0.05, 0.1) is 19.9 Å². The molecule has 0 saturated heterocycles. The van der Waals surface area contributed by atoms with Crippen molar-refractivity contribution >= 4 is 11.9 Å². The third-order valence-corrected chi connectivity index (χ3v) is 2.53. The lowest BCUT2D eigenvalue weighted by Gasteiger charge is -2.07. The molecular formula is C15H15NO2. The molecule has 0 N–H and O–H groups in total. The molecule has 18 heavy (non-hydrogen) atoms. The molecule has 3 heteroatoms. The molecule has 0 unspecified atom stereocenters. The van der Waals surface area contributed by atoms with Crippen LogP contribution in [-0.4, -0.2) is 20.4 Å². The third kappa shape index (κ3) is 2.88. The monoisotopic (exact) mass is 241 g/mol. The van der Waals surface area contributed by atoms with Crippen molar-refractivity contribution in [1.82, 2.24) is 0 Å². The number of ether oxygens (including phenoxy) is 2. The van der Waals surface area contributed by atoms with Crippen LogP contribution < -0.4 is 9.47 Å². The average molecular weight is 241 g/mol. The molecule has 0 aromatic heterocycles. The van der Waals surface area contributed by atoms with E-state index in [1.165, 1.54) is 0 Å². The highest BCUT2D eigenvalue weighted by atomic mass is 16.5. The first-order valence-electron chi connectivity index (χ1n) is 5.64. The van der Waals surface area contributed by atoms with Crippen molar-refractivity contribution in [2.24, 2.45) is 4.99 Å². The van der Waals surface area contributed by atoms with Crippen LogP contribution in [0.15, 0.2) is 53.5 Å². The number of hydrogen-bond acceptors (Lipinski definition) is 3. The first-order chi connectivity index (χ1) is 8.83. The van der Waals surface area contributed by atoms with Crippen molar-refractivity contribution in [3.63, 3.8) is 0 Å². The SMILES string of the molecule is COc1ccc(N=Cc2ccccc2)cc1OC. The predicted molar refractivity (Wildman–Crippen MR) is 73.2 cm³/mol. The fourth-order valence-electron chi connectivity index (χ4n) is 1.59. The van der Waals surface area contributed by atoms with Gasteiger partial charge in [-0.05, 0) is 17.7 Å². The molecule has 3 nitrogen and oxygen atoms in total. The number of hydrogen-bond donors (Lipinski definition) is 0. The predicted octanol–water partition coefficient (Wildman–Crippen LogP) is 3.45. The summed E-state index contributed by atoms with van der Waals surface area (Å²) in [6.07, 6.45) is 1.82. The first kappa shape index (κ1) is 12.2. The van der Waals surface area contributed by atoms with Crippen molar-refractivity contribution in [1.29, 1.82) is 0 Å². The van der Waals surface area contributed by atoms with E-state index in [2.05, 4.69) is 4.99 Å². The summed E-state index contributed by atoms with van der Waals surface area (Å²) in [5, 5.41) is 0. The number of nitrogens with zero attached hydrogens (tertiary/aromatic N) is 1. The Hall–Kier alpha value is -2.29. The maximum Gasteiger partial charge on any atom is 0.162 e. The molecule has 0 bridgehead atoms. The minimum Gasteiger partial charge on any atom is -0.493 e. The van der Waals surface area contributed by atoms with Gasteiger partial charge in [0, 0.05) is 12.3 Å². The second kappa shape index (κ2) is 5.87. The molecule has 2 aromatic rings. The zero-order valence-corrected chi connectivity index (χ0v) is 10.5. The normalized spacial score (nSPS) is 10.6. The van der Waals surface area contributed by atoms with Gasteiger partial charge in [0.2, 0.25) is 0 Å². The fourth-order valence-corrected chi connectivity index (χ4v) is 1.59.